The zero-order chi connectivity index (χ0) is 13.8. The van der Waals surface area contributed by atoms with Crippen molar-refractivity contribution in [3.8, 4) is 0 Å². The zero-order valence-corrected chi connectivity index (χ0v) is 11.4. The van der Waals surface area contributed by atoms with E-state index in [1.807, 2.05) is 0 Å². The van der Waals surface area contributed by atoms with Crippen LogP contribution in [-0.4, -0.2) is 36.3 Å². The minimum absolute atomic E-state index is 0.0121. The van der Waals surface area contributed by atoms with Gasteiger partial charge in [-0.2, -0.15) is 0 Å². The van der Waals surface area contributed by atoms with Crippen LogP contribution in [0.1, 0.15) is 30.8 Å². The van der Waals surface area contributed by atoms with Crippen LogP contribution in [-0.2, 0) is 16.0 Å². The fraction of sp³-hybridized carbons (Fsp3) is 0.667. The van der Waals surface area contributed by atoms with Crippen LogP contribution in [0.2, 0.25) is 0 Å². The number of esters is 1. The van der Waals surface area contributed by atoms with Gasteiger partial charge in [-0.3, -0.25) is 0 Å². The Morgan fingerprint density at radius 3 is 2.72 bits per heavy atom. The summed E-state index contributed by atoms with van der Waals surface area (Å²) < 4.78 is 11.5. The Hall–Kier alpha value is -1.56. The molecule has 102 valence electrons. The number of carbonyl (C=O) groups is 1. The monoisotopic (exact) mass is 255 g/mol. The third kappa shape index (κ3) is 3.46. The summed E-state index contributed by atoms with van der Waals surface area (Å²) in [5.41, 5.74) is 6.06. The Kier molecular flexibility index (Phi) is 4.72. The van der Waals surface area contributed by atoms with Crippen LogP contribution in [0.25, 0.3) is 0 Å². The molecule has 0 aliphatic carbocycles. The molecule has 0 aliphatic heterocycles. The lowest BCUT2D eigenvalue weighted by molar-refractivity contribution is 0.0595. The van der Waals surface area contributed by atoms with E-state index in [-0.39, 0.29) is 11.1 Å². The molecule has 0 bridgehead atoms. The zero-order valence-electron chi connectivity index (χ0n) is 11.4. The standard InChI is InChI=1S/C12H21N3O3/c1-12(2,5-6-17-3)7-15-8-14-9(10(15)13)11(16)18-4/h8H,5-7,13H2,1-4H3. The van der Waals surface area contributed by atoms with Crippen molar-refractivity contribution in [3.05, 3.63) is 12.0 Å². The van der Waals surface area contributed by atoms with Crippen molar-refractivity contribution < 1.29 is 14.3 Å². The first-order valence-electron chi connectivity index (χ1n) is 5.79. The second kappa shape index (κ2) is 5.86. The maximum absolute atomic E-state index is 11.4. The second-order valence-corrected chi connectivity index (χ2v) is 5.00. The summed E-state index contributed by atoms with van der Waals surface area (Å²) in [6, 6.07) is 0. The van der Waals surface area contributed by atoms with Gasteiger partial charge in [0.2, 0.25) is 0 Å². The van der Waals surface area contributed by atoms with E-state index in [0.29, 0.717) is 19.0 Å². The number of rotatable bonds is 6. The molecule has 0 amide bonds. The summed E-state index contributed by atoms with van der Waals surface area (Å²) in [5, 5.41) is 0. The molecule has 0 saturated heterocycles. The number of nitrogen functional groups attached to an aromatic ring is 1. The topological polar surface area (TPSA) is 79.4 Å². The van der Waals surface area contributed by atoms with Gasteiger partial charge in [0.15, 0.2) is 5.69 Å². The molecular weight excluding hydrogens is 234 g/mol. The van der Waals surface area contributed by atoms with Gasteiger partial charge >= 0.3 is 5.97 Å². The van der Waals surface area contributed by atoms with Crippen molar-refractivity contribution in [3.63, 3.8) is 0 Å². The lowest BCUT2D eigenvalue weighted by atomic mass is 9.89. The molecule has 0 aromatic carbocycles. The quantitative estimate of drug-likeness (QED) is 0.775. The van der Waals surface area contributed by atoms with Crippen molar-refractivity contribution >= 4 is 11.8 Å². The van der Waals surface area contributed by atoms with E-state index in [9.17, 15) is 4.79 Å². The number of aromatic nitrogens is 2. The maximum atomic E-state index is 11.4. The van der Waals surface area contributed by atoms with Crippen molar-refractivity contribution in [2.45, 2.75) is 26.8 Å². The van der Waals surface area contributed by atoms with Gasteiger partial charge in [0.25, 0.3) is 0 Å². The molecule has 0 radical (unpaired) electrons. The van der Waals surface area contributed by atoms with Gasteiger partial charge in [0, 0.05) is 20.3 Å². The lowest BCUT2D eigenvalue weighted by Crippen LogP contribution is -2.22. The Balaban J connectivity index is 2.79. The number of nitrogens with zero attached hydrogens (tertiary/aromatic N) is 2. The van der Waals surface area contributed by atoms with Crippen molar-refractivity contribution in [1.82, 2.24) is 9.55 Å². The summed E-state index contributed by atoms with van der Waals surface area (Å²) in [6.45, 7) is 5.59. The smallest absolute Gasteiger partial charge is 0.360 e. The molecule has 18 heavy (non-hydrogen) atoms. The highest BCUT2D eigenvalue weighted by Gasteiger charge is 2.22. The number of anilines is 1. The van der Waals surface area contributed by atoms with Gasteiger partial charge in [-0.15, -0.1) is 0 Å². The molecule has 0 saturated carbocycles. The first-order chi connectivity index (χ1) is 8.41. The largest absolute Gasteiger partial charge is 0.464 e. The molecular formula is C12H21N3O3. The molecule has 2 N–H and O–H groups in total. The van der Waals surface area contributed by atoms with Crippen LogP contribution in [0.3, 0.4) is 0 Å². The van der Waals surface area contributed by atoms with E-state index in [2.05, 4.69) is 23.6 Å². The first-order valence-corrected chi connectivity index (χ1v) is 5.79. The Labute approximate surface area is 107 Å². The van der Waals surface area contributed by atoms with Crippen molar-refractivity contribution in [2.75, 3.05) is 26.6 Å². The lowest BCUT2D eigenvalue weighted by Gasteiger charge is -2.25. The Bertz CT molecular complexity index is 413. The van der Waals surface area contributed by atoms with Gasteiger partial charge in [0.05, 0.1) is 13.4 Å². The average Bonchev–Trinajstić information content (AvgIpc) is 2.67. The van der Waals surface area contributed by atoms with Crippen LogP contribution in [0.15, 0.2) is 6.33 Å². The van der Waals surface area contributed by atoms with E-state index in [0.717, 1.165) is 6.42 Å². The fourth-order valence-corrected chi connectivity index (χ4v) is 1.69. The van der Waals surface area contributed by atoms with Gasteiger partial charge in [0.1, 0.15) is 5.82 Å². The minimum atomic E-state index is -0.513. The van der Waals surface area contributed by atoms with E-state index in [1.54, 1.807) is 18.0 Å². The molecule has 0 aliphatic rings. The molecule has 6 nitrogen and oxygen atoms in total. The molecule has 0 unspecified atom stereocenters. The van der Waals surface area contributed by atoms with E-state index in [4.69, 9.17) is 10.5 Å². The summed E-state index contributed by atoms with van der Waals surface area (Å²) in [4.78, 5) is 15.4. The summed E-state index contributed by atoms with van der Waals surface area (Å²) in [7, 11) is 2.99. The maximum Gasteiger partial charge on any atom is 0.360 e. The average molecular weight is 255 g/mol. The van der Waals surface area contributed by atoms with E-state index in [1.165, 1.54) is 7.11 Å². The summed E-state index contributed by atoms with van der Waals surface area (Å²) in [6.07, 6.45) is 2.46. The Morgan fingerprint density at radius 2 is 2.17 bits per heavy atom. The normalized spacial score (nSPS) is 11.6. The van der Waals surface area contributed by atoms with Crippen LogP contribution in [0.4, 0.5) is 5.82 Å². The second-order valence-electron chi connectivity index (χ2n) is 5.00. The first kappa shape index (κ1) is 14.5. The van der Waals surface area contributed by atoms with Crippen molar-refractivity contribution in [2.24, 2.45) is 5.41 Å². The number of methoxy groups -OCH3 is 2. The summed E-state index contributed by atoms with van der Waals surface area (Å²) in [5.74, 6) is -0.173. The number of hydrogen-bond acceptors (Lipinski definition) is 5. The van der Waals surface area contributed by atoms with Crippen LogP contribution >= 0.6 is 0 Å². The molecule has 6 heteroatoms. The highest BCUT2D eigenvalue weighted by atomic mass is 16.5. The molecule has 1 heterocycles. The highest BCUT2D eigenvalue weighted by Crippen LogP contribution is 2.25. The third-order valence-electron chi connectivity index (χ3n) is 2.84. The number of carbonyl (C=O) groups excluding carboxylic acids is 1. The number of ether oxygens (including phenoxy) is 2. The number of nitrogens with two attached hydrogens (primary N) is 1. The molecule has 0 spiro atoms. The molecule has 0 atom stereocenters. The van der Waals surface area contributed by atoms with Crippen LogP contribution in [0.5, 0.6) is 0 Å². The molecule has 0 fully saturated rings. The van der Waals surface area contributed by atoms with Crippen LogP contribution in [0, 0.1) is 5.41 Å². The number of hydrogen-bond donors (Lipinski definition) is 1. The SMILES string of the molecule is COCCC(C)(C)Cn1cnc(C(=O)OC)c1N. The van der Waals surface area contributed by atoms with Crippen molar-refractivity contribution in [1.29, 1.82) is 0 Å². The molecule has 1 aromatic rings. The van der Waals surface area contributed by atoms with Crippen LogP contribution < -0.4 is 5.73 Å². The predicted octanol–water partition coefficient (Wildman–Crippen LogP) is 1.31. The number of imidazole rings is 1. The summed E-state index contributed by atoms with van der Waals surface area (Å²) >= 11 is 0. The van der Waals surface area contributed by atoms with Gasteiger partial charge in [-0.25, -0.2) is 9.78 Å². The van der Waals surface area contributed by atoms with Gasteiger partial charge < -0.3 is 19.8 Å². The fourth-order valence-electron chi connectivity index (χ4n) is 1.69. The minimum Gasteiger partial charge on any atom is -0.464 e. The Morgan fingerprint density at radius 1 is 1.50 bits per heavy atom. The highest BCUT2D eigenvalue weighted by molar-refractivity contribution is 5.92. The molecule has 1 aromatic heterocycles. The molecule has 1 rings (SSSR count). The van der Waals surface area contributed by atoms with E-state index >= 15 is 0 Å². The third-order valence-corrected chi connectivity index (χ3v) is 2.84. The van der Waals surface area contributed by atoms with Gasteiger partial charge in [-0.05, 0) is 11.8 Å². The van der Waals surface area contributed by atoms with Gasteiger partial charge in [-0.1, -0.05) is 13.8 Å². The van der Waals surface area contributed by atoms with E-state index < -0.39 is 5.97 Å². The predicted molar refractivity (Wildman–Crippen MR) is 68.3 cm³/mol.